The lowest BCUT2D eigenvalue weighted by molar-refractivity contribution is -0.646. The minimum Gasteiger partial charge on any atom is -0.744 e. The standard InChI is InChI=1S/C11H15N2S.C7H8O3S/c1-8-13(4)10-6-5-9(12(2)3)7-11(10)14-8;1-6-2-4-7(5-3-6)11(8,9)10/h5-7H,1-4H3;2-5H,1H3,(H,8,9,10)/q+1;/p-1. The SMILES string of the molecule is Cc1ccc(S(=O)(=O)[O-])cc1.Cc1sc2cc(N(C)C)ccc2[n+]1C. The summed E-state index contributed by atoms with van der Waals surface area (Å²) in [5.74, 6) is 0. The summed E-state index contributed by atoms with van der Waals surface area (Å²) in [5.41, 5.74) is 3.51. The molecule has 0 aliphatic carbocycles. The molecular formula is C18H22N2O3S2. The molecule has 3 rings (SSSR count). The Hall–Kier alpha value is -1.96. The number of aromatic nitrogens is 1. The first-order valence-electron chi connectivity index (χ1n) is 7.68. The minimum atomic E-state index is -4.27. The van der Waals surface area contributed by atoms with Crippen molar-refractivity contribution in [2.45, 2.75) is 18.7 Å². The molecule has 0 unspecified atom stereocenters. The second kappa shape index (κ2) is 7.51. The van der Waals surface area contributed by atoms with Crippen LogP contribution in [0.1, 0.15) is 10.6 Å². The molecule has 0 saturated carbocycles. The molecule has 0 aliphatic rings. The third-order valence-electron chi connectivity index (χ3n) is 3.86. The van der Waals surface area contributed by atoms with Gasteiger partial charge >= 0.3 is 0 Å². The molecule has 5 nitrogen and oxygen atoms in total. The summed E-state index contributed by atoms with van der Waals surface area (Å²) >= 11 is 1.85. The van der Waals surface area contributed by atoms with Gasteiger partial charge in [-0.2, -0.15) is 4.57 Å². The summed E-state index contributed by atoms with van der Waals surface area (Å²) in [6.07, 6.45) is 0. The Bertz CT molecular complexity index is 975. The van der Waals surface area contributed by atoms with E-state index in [-0.39, 0.29) is 4.90 Å². The molecule has 0 spiro atoms. The third kappa shape index (κ3) is 4.78. The van der Waals surface area contributed by atoms with Crippen LogP contribution in [0.4, 0.5) is 5.69 Å². The fourth-order valence-corrected chi connectivity index (χ4v) is 3.75. The van der Waals surface area contributed by atoms with Gasteiger partial charge in [-0.3, -0.25) is 0 Å². The molecule has 2 aromatic carbocycles. The van der Waals surface area contributed by atoms with Crippen LogP contribution in [-0.2, 0) is 17.2 Å². The Morgan fingerprint density at radius 1 is 1.04 bits per heavy atom. The molecule has 0 N–H and O–H groups in total. The number of hydrogen-bond donors (Lipinski definition) is 0. The number of hydrogen-bond acceptors (Lipinski definition) is 5. The summed E-state index contributed by atoms with van der Waals surface area (Å²) in [5, 5.41) is 1.34. The Morgan fingerprint density at radius 3 is 2.16 bits per heavy atom. The number of nitrogens with zero attached hydrogens (tertiary/aromatic N) is 2. The van der Waals surface area contributed by atoms with Crippen LogP contribution in [0.25, 0.3) is 10.2 Å². The number of rotatable bonds is 2. The van der Waals surface area contributed by atoms with Crippen LogP contribution in [0.3, 0.4) is 0 Å². The zero-order chi connectivity index (χ0) is 18.8. The van der Waals surface area contributed by atoms with E-state index in [9.17, 15) is 13.0 Å². The van der Waals surface area contributed by atoms with Crippen LogP contribution in [0.5, 0.6) is 0 Å². The zero-order valence-electron chi connectivity index (χ0n) is 15.0. The highest BCUT2D eigenvalue weighted by Gasteiger charge is 2.13. The molecule has 134 valence electrons. The first-order chi connectivity index (χ1) is 11.6. The van der Waals surface area contributed by atoms with E-state index in [1.165, 1.54) is 33.0 Å². The molecule has 25 heavy (non-hydrogen) atoms. The van der Waals surface area contributed by atoms with Crippen molar-refractivity contribution in [2.24, 2.45) is 7.05 Å². The van der Waals surface area contributed by atoms with Crippen molar-refractivity contribution in [1.82, 2.24) is 0 Å². The molecule has 0 atom stereocenters. The molecule has 0 saturated heterocycles. The second-order valence-electron chi connectivity index (χ2n) is 5.99. The first kappa shape index (κ1) is 19.4. The largest absolute Gasteiger partial charge is 0.744 e. The van der Waals surface area contributed by atoms with Crippen molar-refractivity contribution in [3.8, 4) is 0 Å². The van der Waals surface area contributed by atoms with Crippen molar-refractivity contribution >= 4 is 37.4 Å². The number of thiazole rings is 1. The number of anilines is 1. The minimum absolute atomic E-state index is 0.178. The number of benzene rings is 2. The van der Waals surface area contributed by atoms with Gasteiger partial charge in [-0.1, -0.05) is 29.0 Å². The van der Waals surface area contributed by atoms with E-state index in [4.69, 9.17) is 0 Å². The summed E-state index contributed by atoms with van der Waals surface area (Å²) in [6.45, 7) is 3.97. The second-order valence-corrected chi connectivity index (χ2v) is 8.61. The van der Waals surface area contributed by atoms with Gasteiger partial charge in [0.15, 0.2) is 0 Å². The smallest absolute Gasteiger partial charge is 0.234 e. The maximum absolute atomic E-state index is 10.4. The van der Waals surface area contributed by atoms with Gasteiger partial charge in [0.1, 0.15) is 21.9 Å². The molecular weight excluding hydrogens is 356 g/mol. The molecule has 0 aliphatic heterocycles. The molecule has 3 aromatic rings. The van der Waals surface area contributed by atoms with Crippen LogP contribution in [-0.4, -0.2) is 27.1 Å². The summed E-state index contributed by atoms with van der Waals surface area (Å²) in [7, 11) is 1.99. The molecule has 0 radical (unpaired) electrons. The fraction of sp³-hybridized carbons (Fsp3) is 0.278. The van der Waals surface area contributed by atoms with Crippen molar-refractivity contribution in [1.29, 1.82) is 0 Å². The van der Waals surface area contributed by atoms with Gasteiger partial charge in [0.05, 0.1) is 4.90 Å². The van der Waals surface area contributed by atoms with Crippen molar-refractivity contribution in [2.75, 3.05) is 19.0 Å². The maximum atomic E-state index is 10.4. The molecule has 1 heterocycles. The molecule has 1 aromatic heterocycles. The van der Waals surface area contributed by atoms with E-state index in [2.05, 4.69) is 55.7 Å². The molecule has 0 amide bonds. The lowest BCUT2D eigenvalue weighted by Crippen LogP contribution is -2.28. The Balaban J connectivity index is 0.000000186. The number of aryl methyl sites for hydroxylation is 3. The predicted molar refractivity (Wildman–Crippen MR) is 101 cm³/mol. The summed E-state index contributed by atoms with van der Waals surface area (Å²) < 4.78 is 34.8. The van der Waals surface area contributed by atoms with E-state index < -0.39 is 10.1 Å². The lowest BCUT2D eigenvalue weighted by Gasteiger charge is -2.10. The van der Waals surface area contributed by atoms with Crippen molar-refractivity contribution in [3.63, 3.8) is 0 Å². The Kier molecular flexibility index (Phi) is 5.82. The first-order valence-corrected chi connectivity index (χ1v) is 9.91. The van der Waals surface area contributed by atoms with Gasteiger partial charge in [0.25, 0.3) is 0 Å². The van der Waals surface area contributed by atoms with E-state index in [0.29, 0.717) is 0 Å². The van der Waals surface area contributed by atoms with Crippen molar-refractivity contribution in [3.05, 3.63) is 53.0 Å². The topological polar surface area (TPSA) is 64.3 Å². The monoisotopic (exact) mass is 378 g/mol. The van der Waals surface area contributed by atoms with Gasteiger partial charge < -0.3 is 9.45 Å². The summed E-state index contributed by atoms with van der Waals surface area (Å²) in [4.78, 5) is 1.96. The fourth-order valence-electron chi connectivity index (χ4n) is 2.24. The zero-order valence-corrected chi connectivity index (χ0v) is 16.6. The quantitative estimate of drug-likeness (QED) is 0.508. The average molecular weight is 379 g/mol. The van der Waals surface area contributed by atoms with Gasteiger partial charge in [-0.15, -0.1) is 0 Å². The summed E-state index contributed by atoms with van der Waals surface area (Å²) in [6, 6.07) is 12.4. The van der Waals surface area contributed by atoms with E-state index in [0.717, 1.165) is 5.56 Å². The maximum Gasteiger partial charge on any atom is 0.234 e. The lowest BCUT2D eigenvalue weighted by atomic mass is 10.2. The van der Waals surface area contributed by atoms with Crippen molar-refractivity contribution < 1.29 is 17.5 Å². The van der Waals surface area contributed by atoms with E-state index in [1.54, 1.807) is 12.1 Å². The highest BCUT2D eigenvalue weighted by molar-refractivity contribution is 7.85. The average Bonchev–Trinajstić information content (AvgIpc) is 2.81. The molecule has 7 heteroatoms. The third-order valence-corrected chi connectivity index (χ3v) is 5.83. The van der Waals surface area contributed by atoms with Gasteiger partial charge in [-0.05, 0) is 31.2 Å². The molecule has 0 fully saturated rings. The van der Waals surface area contributed by atoms with Gasteiger partial charge in [0, 0.05) is 32.8 Å². The molecule has 0 bridgehead atoms. The van der Waals surface area contributed by atoms with Gasteiger partial charge in [-0.25, -0.2) is 8.42 Å². The normalized spacial score (nSPS) is 11.1. The van der Waals surface area contributed by atoms with E-state index >= 15 is 0 Å². The van der Waals surface area contributed by atoms with Crippen LogP contribution in [0.15, 0.2) is 47.4 Å². The number of fused-ring (bicyclic) bond motifs is 1. The van der Waals surface area contributed by atoms with Crippen LogP contribution >= 0.6 is 11.3 Å². The predicted octanol–water partition coefficient (Wildman–Crippen LogP) is 3.00. The van der Waals surface area contributed by atoms with Crippen LogP contribution in [0, 0.1) is 13.8 Å². The Morgan fingerprint density at radius 2 is 1.64 bits per heavy atom. The highest BCUT2D eigenvalue weighted by Crippen LogP contribution is 2.24. The highest BCUT2D eigenvalue weighted by atomic mass is 32.2. The van der Waals surface area contributed by atoms with E-state index in [1.807, 2.05) is 18.3 Å². The van der Waals surface area contributed by atoms with Crippen LogP contribution in [0.2, 0.25) is 0 Å². The Labute approximate surface area is 152 Å². The van der Waals surface area contributed by atoms with Crippen LogP contribution < -0.4 is 9.47 Å². The van der Waals surface area contributed by atoms with Gasteiger partial charge in [0.2, 0.25) is 10.5 Å².